The van der Waals surface area contributed by atoms with Crippen molar-refractivity contribution in [3.63, 3.8) is 0 Å². The Morgan fingerprint density at radius 3 is 2.17 bits per heavy atom. The lowest BCUT2D eigenvalue weighted by molar-refractivity contribution is 0.660. The third-order valence-corrected chi connectivity index (χ3v) is 11.4. The molecule has 0 atom stereocenters. The van der Waals surface area contributed by atoms with E-state index in [0.29, 0.717) is 0 Å². The maximum absolute atomic E-state index is 6.77. The molecule has 1 aliphatic carbocycles. The van der Waals surface area contributed by atoms with Gasteiger partial charge in [-0.2, -0.15) is 0 Å². The zero-order valence-electron chi connectivity index (χ0n) is 26.7. The number of thiophene rings is 1. The van der Waals surface area contributed by atoms with Crippen LogP contribution >= 0.6 is 11.3 Å². The zero-order valence-corrected chi connectivity index (χ0v) is 27.5. The van der Waals surface area contributed by atoms with Crippen LogP contribution in [0.15, 0.2) is 156 Å². The first-order chi connectivity index (χ1) is 23.6. The van der Waals surface area contributed by atoms with Crippen molar-refractivity contribution in [3.8, 4) is 22.3 Å². The number of furan rings is 1. The van der Waals surface area contributed by atoms with E-state index in [2.05, 4.69) is 170 Å². The first kappa shape index (κ1) is 27.5. The number of hydrogen-bond acceptors (Lipinski definition) is 3. The average Bonchev–Trinajstić information content (AvgIpc) is 3.77. The van der Waals surface area contributed by atoms with Gasteiger partial charge in [0.1, 0.15) is 11.2 Å². The van der Waals surface area contributed by atoms with Gasteiger partial charge in [-0.3, -0.25) is 0 Å². The minimum atomic E-state index is -0.115. The molecule has 1 aliphatic rings. The molecule has 0 bridgehead atoms. The van der Waals surface area contributed by atoms with E-state index in [9.17, 15) is 0 Å². The average molecular weight is 634 g/mol. The zero-order chi connectivity index (χ0) is 32.0. The van der Waals surface area contributed by atoms with E-state index in [4.69, 9.17) is 4.42 Å². The smallest absolute Gasteiger partial charge is 0.145 e. The fraction of sp³-hybridized carbons (Fsp3) is 0.0667. The Balaban J connectivity index is 1.33. The maximum atomic E-state index is 6.77. The molecule has 0 unspecified atom stereocenters. The highest BCUT2D eigenvalue weighted by atomic mass is 32.1. The number of rotatable bonds is 4. The van der Waals surface area contributed by atoms with Crippen LogP contribution in [0.25, 0.3) is 64.4 Å². The molecule has 9 aromatic rings. The van der Waals surface area contributed by atoms with Crippen LogP contribution < -0.4 is 4.90 Å². The predicted molar refractivity (Wildman–Crippen MR) is 204 cm³/mol. The molecule has 0 saturated heterocycles. The molecule has 2 nitrogen and oxygen atoms in total. The summed E-state index contributed by atoms with van der Waals surface area (Å²) in [6.45, 7) is 4.71. The van der Waals surface area contributed by atoms with Crippen molar-refractivity contribution < 1.29 is 4.42 Å². The molecule has 0 fully saturated rings. The third-order valence-electron chi connectivity index (χ3n) is 10.3. The first-order valence-electron chi connectivity index (χ1n) is 16.5. The Morgan fingerprint density at radius 1 is 0.542 bits per heavy atom. The van der Waals surface area contributed by atoms with Crippen molar-refractivity contribution in [2.45, 2.75) is 19.3 Å². The largest absolute Gasteiger partial charge is 0.455 e. The Morgan fingerprint density at radius 2 is 1.27 bits per heavy atom. The van der Waals surface area contributed by atoms with E-state index in [-0.39, 0.29) is 5.41 Å². The van der Waals surface area contributed by atoms with Crippen LogP contribution in [0.3, 0.4) is 0 Å². The van der Waals surface area contributed by atoms with Crippen molar-refractivity contribution in [1.82, 2.24) is 0 Å². The minimum Gasteiger partial charge on any atom is -0.455 e. The Hall–Kier alpha value is -5.64. The van der Waals surface area contributed by atoms with Crippen LogP contribution in [0.1, 0.15) is 25.0 Å². The second-order valence-electron chi connectivity index (χ2n) is 13.3. The summed E-state index contributed by atoms with van der Waals surface area (Å²) in [4.78, 5) is 2.49. The van der Waals surface area contributed by atoms with E-state index in [1.165, 1.54) is 48.1 Å². The molecule has 228 valence electrons. The van der Waals surface area contributed by atoms with Gasteiger partial charge in [-0.15, -0.1) is 11.3 Å². The lowest BCUT2D eigenvalue weighted by atomic mass is 9.82. The van der Waals surface area contributed by atoms with Gasteiger partial charge < -0.3 is 9.32 Å². The Kier molecular flexibility index (Phi) is 5.82. The SMILES string of the molecule is CC1(C)c2ccccc2-c2c(N(c3ccc4sc5ccccc5c4c3)c3ccc(-c4ccccc4)c4oc5ccccc5c34)cccc21. The fourth-order valence-electron chi connectivity index (χ4n) is 8.02. The van der Waals surface area contributed by atoms with Crippen LogP contribution in [0.2, 0.25) is 0 Å². The highest BCUT2D eigenvalue weighted by Gasteiger charge is 2.38. The number of hydrogen-bond donors (Lipinski definition) is 0. The summed E-state index contributed by atoms with van der Waals surface area (Å²) in [6.07, 6.45) is 0. The highest BCUT2D eigenvalue weighted by molar-refractivity contribution is 7.25. The molecule has 0 radical (unpaired) electrons. The van der Waals surface area contributed by atoms with Crippen molar-refractivity contribution in [2.75, 3.05) is 4.90 Å². The normalized spacial score (nSPS) is 13.4. The number of fused-ring (bicyclic) bond motifs is 9. The summed E-state index contributed by atoms with van der Waals surface area (Å²) in [5.41, 5.74) is 12.6. The van der Waals surface area contributed by atoms with Crippen LogP contribution in [-0.4, -0.2) is 0 Å². The number of para-hydroxylation sites is 1. The molecule has 48 heavy (non-hydrogen) atoms. The van der Waals surface area contributed by atoms with Crippen molar-refractivity contribution in [2.24, 2.45) is 0 Å². The highest BCUT2D eigenvalue weighted by Crippen LogP contribution is 2.55. The summed E-state index contributed by atoms with van der Waals surface area (Å²) < 4.78 is 9.38. The monoisotopic (exact) mass is 633 g/mol. The predicted octanol–water partition coefficient (Wildman–Crippen LogP) is 13.4. The molecule has 0 aliphatic heterocycles. The van der Waals surface area contributed by atoms with E-state index < -0.39 is 0 Å². The lowest BCUT2D eigenvalue weighted by Crippen LogP contribution is -2.16. The standard InChI is InChI=1S/C45H31NOS/c1-45(2)35-18-9-6-16-32(35)42-36(45)19-12-20-37(42)46(29-23-26-41-34(27-29)31-15-8-11-22-40(31)48-41)38-25-24-30(28-13-4-3-5-14-28)44-43(38)33-17-7-10-21-39(33)47-44/h3-27H,1-2H3. The fourth-order valence-corrected chi connectivity index (χ4v) is 9.11. The van der Waals surface area contributed by atoms with Crippen molar-refractivity contribution in [1.29, 1.82) is 0 Å². The van der Waals surface area contributed by atoms with Crippen molar-refractivity contribution in [3.05, 3.63) is 163 Å². The van der Waals surface area contributed by atoms with Crippen LogP contribution in [0, 0.1) is 0 Å². The van der Waals surface area contributed by atoms with Gasteiger partial charge in [0.15, 0.2) is 0 Å². The van der Waals surface area contributed by atoms with Crippen LogP contribution in [-0.2, 0) is 5.41 Å². The molecule has 10 rings (SSSR count). The summed E-state index contributed by atoms with van der Waals surface area (Å²) in [7, 11) is 0. The van der Waals surface area contributed by atoms with Gasteiger partial charge in [0.05, 0.1) is 16.8 Å². The molecule has 2 aromatic heterocycles. The number of anilines is 3. The van der Waals surface area contributed by atoms with Gasteiger partial charge >= 0.3 is 0 Å². The van der Waals surface area contributed by atoms with E-state index in [1.54, 1.807) is 0 Å². The summed E-state index contributed by atoms with van der Waals surface area (Å²) in [6, 6.07) is 55.1. The van der Waals surface area contributed by atoms with Gasteiger partial charge in [0, 0.05) is 47.8 Å². The molecule has 0 spiro atoms. The van der Waals surface area contributed by atoms with E-state index in [1.807, 2.05) is 11.3 Å². The quantitative estimate of drug-likeness (QED) is 0.192. The molecule has 7 aromatic carbocycles. The van der Waals surface area contributed by atoms with Gasteiger partial charge in [-0.1, -0.05) is 117 Å². The first-order valence-corrected chi connectivity index (χ1v) is 17.3. The van der Waals surface area contributed by atoms with Gasteiger partial charge in [0.2, 0.25) is 0 Å². The Labute approximate surface area is 283 Å². The number of benzene rings is 7. The lowest BCUT2D eigenvalue weighted by Gasteiger charge is -2.29. The molecule has 0 amide bonds. The second-order valence-corrected chi connectivity index (χ2v) is 14.4. The Bertz CT molecular complexity index is 2710. The number of nitrogens with zero attached hydrogens (tertiary/aromatic N) is 1. The van der Waals surface area contributed by atoms with Gasteiger partial charge in [0.25, 0.3) is 0 Å². The van der Waals surface area contributed by atoms with Crippen molar-refractivity contribution >= 4 is 70.5 Å². The molecular formula is C45H31NOS. The molecule has 2 heterocycles. The van der Waals surface area contributed by atoms with Crippen LogP contribution in [0.4, 0.5) is 17.1 Å². The molecule has 0 N–H and O–H groups in total. The maximum Gasteiger partial charge on any atom is 0.145 e. The minimum absolute atomic E-state index is 0.115. The van der Waals surface area contributed by atoms with Crippen LogP contribution in [0.5, 0.6) is 0 Å². The van der Waals surface area contributed by atoms with E-state index in [0.717, 1.165) is 44.4 Å². The summed E-state index contributed by atoms with van der Waals surface area (Å²) in [5, 5.41) is 4.80. The van der Waals surface area contributed by atoms with E-state index >= 15 is 0 Å². The third kappa shape index (κ3) is 3.85. The topological polar surface area (TPSA) is 16.4 Å². The molecule has 0 saturated carbocycles. The summed E-state index contributed by atoms with van der Waals surface area (Å²) in [5.74, 6) is 0. The van der Waals surface area contributed by atoms with Gasteiger partial charge in [-0.05, 0) is 70.8 Å². The molecule has 3 heteroatoms. The molecular weight excluding hydrogens is 603 g/mol. The second kappa shape index (κ2) is 10.2. The van der Waals surface area contributed by atoms with Gasteiger partial charge in [-0.25, -0.2) is 0 Å². The summed E-state index contributed by atoms with van der Waals surface area (Å²) >= 11 is 1.86.